The van der Waals surface area contributed by atoms with Gasteiger partial charge in [0.2, 0.25) is 5.88 Å². The normalized spacial score (nSPS) is 20.8. The molecule has 0 saturated heterocycles. The van der Waals surface area contributed by atoms with Crippen LogP contribution in [-0.2, 0) is 7.05 Å². The van der Waals surface area contributed by atoms with E-state index in [9.17, 15) is 5.11 Å². The van der Waals surface area contributed by atoms with Gasteiger partial charge in [-0.25, -0.2) is 4.68 Å². The van der Waals surface area contributed by atoms with E-state index in [4.69, 9.17) is 9.47 Å². The van der Waals surface area contributed by atoms with Crippen molar-refractivity contribution in [2.75, 3.05) is 7.11 Å². The number of aryl methyl sites for hydroxylation is 3. The van der Waals surface area contributed by atoms with Crippen molar-refractivity contribution in [3.05, 3.63) is 40.6 Å². The van der Waals surface area contributed by atoms with Gasteiger partial charge in [-0.3, -0.25) is 0 Å². The van der Waals surface area contributed by atoms with Gasteiger partial charge in [0.1, 0.15) is 11.9 Å². The monoisotopic (exact) mass is 288 g/mol. The number of aromatic nitrogens is 2. The van der Waals surface area contributed by atoms with E-state index < -0.39 is 6.10 Å². The van der Waals surface area contributed by atoms with Gasteiger partial charge in [0, 0.05) is 19.0 Å². The van der Waals surface area contributed by atoms with Crippen LogP contribution in [-0.4, -0.2) is 22.0 Å². The van der Waals surface area contributed by atoms with E-state index in [1.165, 1.54) is 0 Å². The molecular formula is C16H20N2O3. The molecule has 5 heteroatoms. The first-order chi connectivity index (χ1) is 10.0. The van der Waals surface area contributed by atoms with Crippen LogP contribution in [0.5, 0.6) is 11.6 Å². The quantitative estimate of drug-likeness (QED) is 0.923. The van der Waals surface area contributed by atoms with Crippen molar-refractivity contribution in [3.63, 3.8) is 0 Å². The van der Waals surface area contributed by atoms with Crippen LogP contribution in [0.4, 0.5) is 0 Å². The Hall–Kier alpha value is -2.01. The maximum absolute atomic E-state index is 10.4. The topological polar surface area (TPSA) is 56.5 Å². The zero-order valence-electron chi connectivity index (χ0n) is 12.8. The number of ether oxygens (including phenoxy) is 2. The lowest BCUT2D eigenvalue weighted by molar-refractivity contribution is 0.0640. The Morgan fingerprint density at radius 1 is 1.38 bits per heavy atom. The standard InChI is InChI=1S/C16H20N2O3/c1-9-5-6-13-11(7-9)12(19)8-14(21-13)15-10(2)17-18(3)16(15)20-4/h5-7,12,14,19H,8H2,1-4H3/t12-,14?/m0/s1. The highest BCUT2D eigenvalue weighted by molar-refractivity contribution is 5.43. The summed E-state index contributed by atoms with van der Waals surface area (Å²) in [6, 6.07) is 5.88. The highest BCUT2D eigenvalue weighted by Crippen LogP contribution is 2.44. The molecule has 1 aromatic carbocycles. The molecule has 2 heterocycles. The molecule has 0 radical (unpaired) electrons. The van der Waals surface area contributed by atoms with Crippen molar-refractivity contribution < 1.29 is 14.6 Å². The highest BCUT2D eigenvalue weighted by atomic mass is 16.5. The summed E-state index contributed by atoms with van der Waals surface area (Å²) < 4.78 is 13.2. The second kappa shape index (κ2) is 5.07. The van der Waals surface area contributed by atoms with Crippen molar-refractivity contribution in [3.8, 4) is 11.6 Å². The fraction of sp³-hybridized carbons (Fsp3) is 0.438. The van der Waals surface area contributed by atoms with Gasteiger partial charge in [0.15, 0.2) is 0 Å². The maximum atomic E-state index is 10.4. The average molecular weight is 288 g/mol. The van der Waals surface area contributed by atoms with Gasteiger partial charge in [-0.1, -0.05) is 11.6 Å². The van der Waals surface area contributed by atoms with Crippen molar-refractivity contribution >= 4 is 0 Å². The molecule has 1 unspecified atom stereocenters. The maximum Gasteiger partial charge on any atom is 0.218 e. The van der Waals surface area contributed by atoms with E-state index in [2.05, 4.69) is 5.10 Å². The number of methoxy groups -OCH3 is 1. The number of rotatable bonds is 2. The second-order valence-corrected chi connectivity index (χ2v) is 5.53. The first kappa shape index (κ1) is 13.9. The summed E-state index contributed by atoms with van der Waals surface area (Å²) >= 11 is 0. The first-order valence-electron chi connectivity index (χ1n) is 7.04. The van der Waals surface area contributed by atoms with E-state index >= 15 is 0 Å². The molecule has 0 amide bonds. The lowest BCUT2D eigenvalue weighted by atomic mass is 9.94. The largest absolute Gasteiger partial charge is 0.485 e. The molecule has 1 aliphatic rings. The van der Waals surface area contributed by atoms with Crippen molar-refractivity contribution in [1.82, 2.24) is 9.78 Å². The summed E-state index contributed by atoms with van der Waals surface area (Å²) in [5.41, 5.74) is 3.74. The lowest BCUT2D eigenvalue weighted by Gasteiger charge is -2.30. The van der Waals surface area contributed by atoms with Gasteiger partial charge in [-0.2, -0.15) is 5.10 Å². The molecule has 1 aromatic heterocycles. The number of hydrogen-bond acceptors (Lipinski definition) is 4. The van der Waals surface area contributed by atoms with E-state index in [1.54, 1.807) is 11.8 Å². The Labute approximate surface area is 124 Å². The Kier molecular flexibility index (Phi) is 3.37. The van der Waals surface area contributed by atoms with Crippen LogP contribution in [0, 0.1) is 13.8 Å². The number of aliphatic hydroxyl groups is 1. The molecule has 21 heavy (non-hydrogen) atoms. The van der Waals surface area contributed by atoms with E-state index in [1.807, 2.05) is 39.1 Å². The van der Waals surface area contributed by atoms with Crippen LogP contribution >= 0.6 is 0 Å². The number of hydrogen-bond donors (Lipinski definition) is 1. The van der Waals surface area contributed by atoms with Gasteiger partial charge in [0.25, 0.3) is 0 Å². The van der Waals surface area contributed by atoms with Crippen LogP contribution in [0.15, 0.2) is 18.2 Å². The lowest BCUT2D eigenvalue weighted by Crippen LogP contribution is -2.20. The molecule has 2 atom stereocenters. The summed E-state index contributed by atoms with van der Waals surface area (Å²) in [7, 11) is 3.46. The summed E-state index contributed by atoms with van der Waals surface area (Å²) in [6.45, 7) is 3.94. The molecule has 1 aliphatic heterocycles. The predicted molar refractivity (Wildman–Crippen MR) is 78.6 cm³/mol. The molecule has 5 nitrogen and oxygen atoms in total. The summed E-state index contributed by atoms with van der Waals surface area (Å²) in [4.78, 5) is 0. The molecular weight excluding hydrogens is 268 g/mol. The third kappa shape index (κ3) is 2.27. The predicted octanol–water partition coefficient (Wildman–Crippen LogP) is 2.60. The summed E-state index contributed by atoms with van der Waals surface area (Å²) in [6.07, 6.45) is -0.291. The molecule has 112 valence electrons. The molecule has 1 N–H and O–H groups in total. The van der Waals surface area contributed by atoms with Gasteiger partial charge < -0.3 is 14.6 Å². The molecule has 0 fully saturated rings. The Morgan fingerprint density at radius 3 is 2.86 bits per heavy atom. The molecule has 2 aromatic rings. The molecule has 0 bridgehead atoms. The van der Waals surface area contributed by atoms with E-state index in [-0.39, 0.29) is 6.10 Å². The number of nitrogens with zero attached hydrogens (tertiary/aromatic N) is 2. The zero-order chi connectivity index (χ0) is 15.1. The summed E-state index contributed by atoms with van der Waals surface area (Å²) in [5, 5.41) is 14.8. The number of benzene rings is 1. The van der Waals surface area contributed by atoms with Crippen molar-refractivity contribution in [2.24, 2.45) is 7.05 Å². The smallest absolute Gasteiger partial charge is 0.218 e. The molecule has 0 aliphatic carbocycles. The minimum atomic E-state index is -0.539. The van der Waals surface area contributed by atoms with Crippen LogP contribution < -0.4 is 9.47 Å². The minimum absolute atomic E-state index is 0.251. The third-order valence-corrected chi connectivity index (χ3v) is 3.96. The zero-order valence-corrected chi connectivity index (χ0v) is 12.8. The van der Waals surface area contributed by atoms with Crippen LogP contribution in [0.25, 0.3) is 0 Å². The van der Waals surface area contributed by atoms with Gasteiger partial charge >= 0.3 is 0 Å². The SMILES string of the molecule is COc1c(C2C[C@H](O)c3cc(C)ccc3O2)c(C)nn1C. The van der Waals surface area contributed by atoms with Crippen LogP contribution in [0.1, 0.15) is 41.0 Å². The summed E-state index contributed by atoms with van der Waals surface area (Å²) in [5.74, 6) is 1.41. The highest BCUT2D eigenvalue weighted by Gasteiger charge is 2.33. The molecule has 0 spiro atoms. The fourth-order valence-electron chi connectivity index (χ4n) is 3.01. The number of fused-ring (bicyclic) bond motifs is 1. The van der Waals surface area contributed by atoms with Crippen LogP contribution in [0.3, 0.4) is 0 Å². The van der Waals surface area contributed by atoms with Gasteiger partial charge in [-0.05, 0) is 26.0 Å². The van der Waals surface area contributed by atoms with Crippen molar-refractivity contribution in [2.45, 2.75) is 32.5 Å². The van der Waals surface area contributed by atoms with Gasteiger partial charge in [0.05, 0.1) is 24.5 Å². The Morgan fingerprint density at radius 2 is 2.14 bits per heavy atom. The molecule has 0 saturated carbocycles. The van der Waals surface area contributed by atoms with E-state index in [0.717, 1.165) is 28.1 Å². The second-order valence-electron chi connectivity index (χ2n) is 5.53. The Balaban J connectivity index is 2.02. The third-order valence-electron chi connectivity index (χ3n) is 3.96. The fourth-order valence-corrected chi connectivity index (χ4v) is 3.01. The van der Waals surface area contributed by atoms with Crippen LogP contribution in [0.2, 0.25) is 0 Å². The van der Waals surface area contributed by atoms with E-state index in [0.29, 0.717) is 12.3 Å². The number of aliphatic hydroxyl groups excluding tert-OH is 1. The minimum Gasteiger partial charge on any atom is -0.485 e. The molecule has 3 rings (SSSR count). The van der Waals surface area contributed by atoms with Crippen molar-refractivity contribution in [1.29, 1.82) is 0 Å². The van der Waals surface area contributed by atoms with Gasteiger partial charge in [-0.15, -0.1) is 0 Å². The Bertz CT molecular complexity index is 678. The average Bonchev–Trinajstić information content (AvgIpc) is 2.73. The first-order valence-corrected chi connectivity index (χ1v) is 7.04.